The number of rotatable bonds is 9. The van der Waals surface area contributed by atoms with Crippen molar-refractivity contribution in [1.29, 1.82) is 0 Å². The summed E-state index contributed by atoms with van der Waals surface area (Å²) in [5.74, 6) is -0.541. The molecule has 0 radical (unpaired) electrons. The molecule has 2 atom stereocenters. The molecule has 1 amide bonds. The standard InChI is InChI=1S/C29H34FN3O5S.2H2/c1-18(2)17-37-23-15-21(14-22(30)16-23)25-13-12-24(29(32-25)38-26-10-6-5-8-19(26)3)28(34)33-39(35,36)27-11-7-9-20(4)31-27;;/h7,9,11-16,18-19,26H,5-6,8,10,17H2,1-4H3,(H,33,34);2*1H. The topological polar surface area (TPSA) is 107 Å². The number of pyridine rings is 2. The molecule has 212 valence electrons. The van der Waals surface area contributed by atoms with E-state index in [2.05, 4.69) is 21.6 Å². The second-order valence-corrected chi connectivity index (χ2v) is 12.0. The minimum atomic E-state index is -4.24. The Morgan fingerprint density at radius 3 is 2.62 bits per heavy atom. The number of aromatic nitrogens is 2. The van der Waals surface area contributed by atoms with Crippen LogP contribution in [0.2, 0.25) is 0 Å². The van der Waals surface area contributed by atoms with Crippen LogP contribution in [-0.4, -0.2) is 37.0 Å². The summed E-state index contributed by atoms with van der Waals surface area (Å²) < 4.78 is 54.3. The Bertz CT molecular complexity index is 1460. The molecule has 0 saturated heterocycles. The number of hydrogen-bond donors (Lipinski definition) is 1. The van der Waals surface area contributed by atoms with Gasteiger partial charge in [0.15, 0.2) is 5.03 Å². The maximum atomic E-state index is 14.5. The van der Waals surface area contributed by atoms with E-state index in [1.165, 1.54) is 30.3 Å². The number of benzene rings is 1. The third-order valence-corrected chi connectivity index (χ3v) is 7.75. The highest BCUT2D eigenvalue weighted by Crippen LogP contribution is 2.32. The van der Waals surface area contributed by atoms with E-state index in [-0.39, 0.29) is 37.3 Å². The lowest BCUT2D eigenvalue weighted by Gasteiger charge is -2.29. The SMILES string of the molecule is Cc1cccc(S(=O)(=O)NC(=O)c2ccc(-c3cc(F)cc(OCC(C)C)c3)nc2OC2CCCCC2C)n1.[HH].[HH]. The van der Waals surface area contributed by atoms with Crippen LogP contribution in [0.25, 0.3) is 11.3 Å². The second kappa shape index (κ2) is 12.1. The number of carbonyl (C=O) groups excluding carboxylic acids is 1. The molecule has 1 aromatic carbocycles. The maximum absolute atomic E-state index is 14.5. The normalized spacial score (nSPS) is 17.6. The molecule has 0 aliphatic heterocycles. The number of aryl methyl sites for hydroxylation is 1. The molecule has 2 heterocycles. The highest BCUT2D eigenvalue weighted by atomic mass is 32.2. The van der Waals surface area contributed by atoms with Gasteiger partial charge in [-0.05, 0) is 74.4 Å². The van der Waals surface area contributed by atoms with Gasteiger partial charge in [-0.25, -0.2) is 19.1 Å². The Labute approximate surface area is 232 Å². The van der Waals surface area contributed by atoms with Gasteiger partial charge in [0.2, 0.25) is 5.88 Å². The summed E-state index contributed by atoms with van der Waals surface area (Å²) in [7, 11) is -4.24. The zero-order chi connectivity index (χ0) is 28.2. The fourth-order valence-electron chi connectivity index (χ4n) is 4.42. The Balaban J connectivity index is 0.00000294. The highest BCUT2D eigenvalue weighted by Gasteiger charge is 2.28. The van der Waals surface area contributed by atoms with Gasteiger partial charge in [0, 0.05) is 20.2 Å². The van der Waals surface area contributed by atoms with Gasteiger partial charge in [0.05, 0.1) is 12.3 Å². The summed E-state index contributed by atoms with van der Waals surface area (Å²) in [5, 5.41) is -0.266. The predicted molar refractivity (Wildman–Crippen MR) is 150 cm³/mol. The number of nitrogens with zero attached hydrogens (tertiary/aromatic N) is 2. The van der Waals surface area contributed by atoms with Crippen molar-refractivity contribution < 1.29 is 29.9 Å². The smallest absolute Gasteiger partial charge is 0.281 e. The van der Waals surface area contributed by atoms with E-state index < -0.39 is 21.7 Å². The van der Waals surface area contributed by atoms with Crippen LogP contribution in [-0.2, 0) is 10.0 Å². The van der Waals surface area contributed by atoms with Gasteiger partial charge < -0.3 is 9.47 Å². The molecule has 3 aromatic rings. The molecule has 1 aliphatic carbocycles. The molecule has 2 unspecified atom stereocenters. The van der Waals surface area contributed by atoms with Gasteiger partial charge in [0.25, 0.3) is 15.9 Å². The minimum Gasteiger partial charge on any atom is -0.493 e. The predicted octanol–water partition coefficient (Wildman–Crippen LogP) is 6.19. The van der Waals surface area contributed by atoms with Crippen molar-refractivity contribution in [2.45, 2.75) is 64.5 Å². The van der Waals surface area contributed by atoms with Crippen LogP contribution in [0.1, 0.15) is 65.4 Å². The molecule has 10 heteroatoms. The Hall–Kier alpha value is -3.53. The van der Waals surface area contributed by atoms with Crippen molar-refractivity contribution in [3.8, 4) is 22.9 Å². The molecule has 1 fully saturated rings. The van der Waals surface area contributed by atoms with Crippen molar-refractivity contribution >= 4 is 15.9 Å². The van der Waals surface area contributed by atoms with E-state index >= 15 is 0 Å². The first-order valence-electron chi connectivity index (χ1n) is 13.1. The van der Waals surface area contributed by atoms with Crippen LogP contribution in [0.4, 0.5) is 4.39 Å². The van der Waals surface area contributed by atoms with Crippen LogP contribution in [0.5, 0.6) is 11.6 Å². The van der Waals surface area contributed by atoms with Gasteiger partial charge in [-0.15, -0.1) is 0 Å². The molecule has 1 N–H and O–H groups in total. The first kappa shape index (κ1) is 28.5. The monoisotopic (exact) mass is 559 g/mol. The van der Waals surface area contributed by atoms with Gasteiger partial charge >= 0.3 is 0 Å². The van der Waals surface area contributed by atoms with Crippen molar-refractivity contribution in [1.82, 2.24) is 14.7 Å². The number of ether oxygens (including phenoxy) is 2. The summed E-state index contributed by atoms with van der Waals surface area (Å²) in [4.78, 5) is 21.8. The lowest BCUT2D eigenvalue weighted by atomic mass is 9.88. The molecule has 1 aliphatic rings. The average Bonchev–Trinajstić information content (AvgIpc) is 2.88. The Morgan fingerprint density at radius 1 is 1.13 bits per heavy atom. The molecule has 4 rings (SSSR count). The first-order chi connectivity index (χ1) is 18.5. The fourth-order valence-corrected chi connectivity index (χ4v) is 5.40. The number of halogens is 1. The summed E-state index contributed by atoms with van der Waals surface area (Å²) >= 11 is 0. The van der Waals surface area contributed by atoms with Gasteiger partial charge in [0.1, 0.15) is 23.2 Å². The molecule has 0 bridgehead atoms. The van der Waals surface area contributed by atoms with E-state index in [0.717, 1.165) is 25.7 Å². The van der Waals surface area contributed by atoms with Gasteiger partial charge in [-0.1, -0.05) is 33.3 Å². The largest absolute Gasteiger partial charge is 0.493 e. The van der Waals surface area contributed by atoms with Gasteiger partial charge in [-0.3, -0.25) is 4.79 Å². The second-order valence-electron chi connectivity index (χ2n) is 10.4. The summed E-state index contributed by atoms with van der Waals surface area (Å²) in [6, 6.07) is 11.8. The van der Waals surface area contributed by atoms with Crippen LogP contribution in [0.3, 0.4) is 0 Å². The maximum Gasteiger partial charge on any atom is 0.281 e. The van der Waals surface area contributed by atoms with Crippen molar-refractivity contribution in [3.63, 3.8) is 0 Å². The number of carbonyl (C=O) groups is 1. The molecule has 2 aromatic heterocycles. The van der Waals surface area contributed by atoms with E-state index in [9.17, 15) is 17.6 Å². The third kappa shape index (κ3) is 7.32. The quantitative estimate of drug-likeness (QED) is 0.333. The van der Waals surface area contributed by atoms with Crippen molar-refractivity contribution in [2.75, 3.05) is 6.61 Å². The average molecular weight is 560 g/mol. The van der Waals surface area contributed by atoms with Crippen molar-refractivity contribution in [2.24, 2.45) is 11.8 Å². The van der Waals surface area contributed by atoms with E-state index in [1.807, 2.05) is 13.8 Å². The fraction of sp³-hybridized carbons (Fsp3) is 0.414. The Morgan fingerprint density at radius 2 is 1.90 bits per heavy atom. The van der Waals surface area contributed by atoms with Crippen LogP contribution < -0.4 is 14.2 Å². The number of hydrogen-bond acceptors (Lipinski definition) is 7. The summed E-state index contributed by atoms with van der Waals surface area (Å²) in [5.41, 5.74) is 1.26. The van der Waals surface area contributed by atoms with Crippen LogP contribution in [0.15, 0.2) is 53.6 Å². The van der Waals surface area contributed by atoms with Gasteiger partial charge in [-0.2, -0.15) is 8.42 Å². The lowest BCUT2D eigenvalue weighted by Crippen LogP contribution is -2.33. The summed E-state index contributed by atoms with van der Waals surface area (Å²) in [6.07, 6.45) is 3.63. The van der Waals surface area contributed by atoms with Crippen LogP contribution >= 0.6 is 0 Å². The zero-order valence-corrected chi connectivity index (χ0v) is 23.4. The van der Waals surface area contributed by atoms with Crippen LogP contribution in [0, 0.1) is 24.6 Å². The van der Waals surface area contributed by atoms with Crippen molar-refractivity contribution in [3.05, 3.63) is 65.6 Å². The highest BCUT2D eigenvalue weighted by molar-refractivity contribution is 7.90. The first-order valence-corrected chi connectivity index (χ1v) is 14.6. The number of nitrogens with one attached hydrogen (secondary N) is 1. The third-order valence-electron chi connectivity index (χ3n) is 6.52. The molecule has 1 saturated carbocycles. The van der Waals surface area contributed by atoms with E-state index in [0.29, 0.717) is 29.3 Å². The lowest BCUT2D eigenvalue weighted by molar-refractivity contribution is 0.0897. The Kier molecular flexibility index (Phi) is 8.84. The van der Waals surface area contributed by atoms with E-state index in [4.69, 9.17) is 9.47 Å². The van der Waals surface area contributed by atoms with E-state index in [1.54, 1.807) is 25.1 Å². The summed E-state index contributed by atoms with van der Waals surface area (Å²) in [6.45, 7) is 8.15. The number of amides is 1. The molecular formula is C29H38FN3O5S. The number of sulfonamides is 1. The molecule has 0 spiro atoms. The molecule has 8 nitrogen and oxygen atoms in total. The minimum absolute atomic E-state index is 0. The zero-order valence-electron chi connectivity index (χ0n) is 22.6. The molecular weight excluding hydrogens is 521 g/mol. The molecule has 39 heavy (non-hydrogen) atoms.